The van der Waals surface area contributed by atoms with Crippen molar-refractivity contribution in [2.75, 3.05) is 10.6 Å². The van der Waals surface area contributed by atoms with Gasteiger partial charge < -0.3 is 10.6 Å². The Kier molecular flexibility index (Phi) is 3.53. The number of para-hydroxylation sites is 1. The third-order valence-electron chi connectivity index (χ3n) is 3.56. The Balaban J connectivity index is 1.83. The molecule has 4 nitrogen and oxygen atoms in total. The van der Waals surface area contributed by atoms with Crippen molar-refractivity contribution in [1.82, 2.24) is 9.97 Å². The van der Waals surface area contributed by atoms with Gasteiger partial charge in [0.15, 0.2) is 0 Å². The summed E-state index contributed by atoms with van der Waals surface area (Å²) >= 11 is 0. The summed E-state index contributed by atoms with van der Waals surface area (Å²) < 4.78 is 0. The highest BCUT2D eigenvalue weighted by atomic mass is 15.2. The largest absolute Gasteiger partial charge is 0.351 e. The molecule has 110 valence electrons. The summed E-state index contributed by atoms with van der Waals surface area (Å²) in [6.07, 6.45) is 4.22. The molecule has 2 N–H and O–H groups in total. The van der Waals surface area contributed by atoms with E-state index in [0.29, 0.717) is 12.0 Å². The van der Waals surface area contributed by atoms with Gasteiger partial charge in [-0.3, -0.25) is 0 Å². The fraction of sp³-hybridized carbons (Fsp3) is 0.412. The molecule has 3 rings (SSSR count). The minimum atomic E-state index is 0.0890. The molecule has 1 fully saturated rings. The lowest BCUT2D eigenvalue weighted by Gasteiger charge is -2.23. The van der Waals surface area contributed by atoms with Crippen molar-refractivity contribution in [3.8, 4) is 0 Å². The SMILES string of the molecule is CC(C)(C)c1ccccc1Nc1ccnc(NC2CC2)n1. The van der Waals surface area contributed by atoms with Crippen LogP contribution in [0.15, 0.2) is 36.5 Å². The molecular formula is C17H22N4. The van der Waals surface area contributed by atoms with Crippen molar-refractivity contribution >= 4 is 17.5 Å². The van der Waals surface area contributed by atoms with Crippen molar-refractivity contribution in [2.24, 2.45) is 0 Å². The highest BCUT2D eigenvalue weighted by Gasteiger charge is 2.22. The second-order valence-corrected chi connectivity index (χ2v) is 6.60. The maximum Gasteiger partial charge on any atom is 0.224 e. The van der Waals surface area contributed by atoms with Gasteiger partial charge in [0.1, 0.15) is 5.82 Å². The zero-order chi connectivity index (χ0) is 14.9. The minimum absolute atomic E-state index is 0.0890. The van der Waals surface area contributed by atoms with Gasteiger partial charge >= 0.3 is 0 Å². The summed E-state index contributed by atoms with van der Waals surface area (Å²) in [6, 6.07) is 10.8. The third kappa shape index (κ3) is 3.51. The molecule has 0 atom stereocenters. The quantitative estimate of drug-likeness (QED) is 0.886. The van der Waals surface area contributed by atoms with E-state index in [1.807, 2.05) is 12.1 Å². The van der Waals surface area contributed by atoms with Crippen LogP contribution in [0.1, 0.15) is 39.2 Å². The van der Waals surface area contributed by atoms with Gasteiger partial charge in [-0.1, -0.05) is 39.0 Å². The van der Waals surface area contributed by atoms with Gasteiger partial charge in [0, 0.05) is 17.9 Å². The van der Waals surface area contributed by atoms with Crippen LogP contribution in [0.25, 0.3) is 0 Å². The Bertz CT molecular complexity index is 627. The molecule has 0 spiro atoms. The first-order valence-electron chi connectivity index (χ1n) is 7.48. The molecule has 0 bridgehead atoms. The summed E-state index contributed by atoms with van der Waals surface area (Å²) in [5.41, 5.74) is 2.47. The highest BCUT2D eigenvalue weighted by Crippen LogP contribution is 2.31. The fourth-order valence-electron chi connectivity index (χ4n) is 2.29. The molecule has 0 radical (unpaired) electrons. The fourth-order valence-corrected chi connectivity index (χ4v) is 2.29. The van der Waals surface area contributed by atoms with Crippen LogP contribution in [-0.4, -0.2) is 16.0 Å². The van der Waals surface area contributed by atoms with Gasteiger partial charge in [-0.05, 0) is 36.0 Å². The van der Waals surface area contributed by atoms with Crippen LogP contribution in [0.3, 0.4) is 0 Å². The molecule has 1 saturated carbocycles. The lowest BCUT2D eigenvalue weighted by Crippen LogP contribution is -2.14. The Labute approximate surface area is 126 Å². The molecular weight excluding hydrogens is 260 g/mol. The normalized spacial score (nSPS) is 14.8. The van der Waals surface area contributed by atoms with E-state index in [9.17, 15) is 0 Å². The molecule has 4 heteroatoms. The van der Waals surface area contributed by atoms with E-state index in [4.69, 9.17) is 0 Å². The molecule has 1 aliphatic rings. The van der Waals surface area contributed by atoms with Crippen LogP contribution < -0.4 is 10.6 Å². The predicted molar refractivity (Wildman–Crippen MR) is 87.1 cm³/mol. The van der Waals surface area contributed by atoms with Crippen LogP contribution >= 0.6 is 0 Å². The van der Waals surface area contributed by atoms with Gasteiger partial charge in [0.25, 0.3) is 0 Å². The van der Waals surface area contributed by atoms with Gasteiger partial charge in [-0.25, -0.2) is 4.98 Å². The molecule has 1 aromatic carbocycles. The van der Waals surface area contributed by atoms with Crippen LogP contribution in [0, 0.1) is 0 Å². The molecule has 0 saturated heterocycles. The minimum Gasteiger partial charge on any atom is -0.351 e. The standard InChI is InChI=1S/C17H22N4/c1-17(2,3)13-6-4-5-7-14(13)20-15-10-11-18-16(21-15)19-12-8-9-12/h4-7,10-12H,8-9H2,1-3H3,(H2,18,19,20,21). The number of benzene rings is 1. The predicted octanol–water partition coefficient (Wildman–Crippen LogP) is 4.09. The molecule has 1 heterocycles. The number of hydrogen-bond acceptors (Lipinski definition) is 4. The maximum absolute atomic E-state index is 4.54. The second kappa shape index (κ2) is 5.35. The van der Waals surface area contributed by atoms with Gasteiger partial charge in [-0.2, -0.15) is 4.98 Å². The lowest BCUT2D eigenvalue weighted by molar-refractivity contribution is 0.592. The van der Waals surface area contributed by atoms with E-state index in [-0.39, 0.29) is 5.41 Å². The maximum atomic E-state index is 4.54. The summed E-state index contributed by atoms with van der Waals surface area (Å²) in [4.78, 5) is 8.81. The Hall–Kier alpha value is -2.10. The first kappa shape index (κ1) is 13.9. The van der Waals surface area contributed by atoms with Crippen molar-refractivity contribution in [1.29, 1.82) is 0 Å². The molecule has 2 aromatic rings. The third-order valence-corrected chi connectivity index (χ3v) is 3.56. The summed E-state index contributed by atoms with van der Waals surface area (Å²) in [5, 5.41) is 6.75. The molecule has 1 aliphatic carbocycles. The van der Waals surface area contributed by atoms with Crippen molar-refractivity contribution in [3.05, 3.63) is 42.1 Å². The second-order valence-electron chi connectivity index (χ2n) is 6.60. The summed E-state index contributed by atoms with van der Waals surface area (Å²) in [6.45, 7) is 6.65. The van der Waals surface area contributed by atoms with E-state index >= 15 is 0 Å². The molecule has 21 heavy (non-hydrogen) atoms. The van der Waals surface area contributed by atoms with Gasteiger partial charge in [-0.15, -0.1) is 0 Å². The van der Waals surface area contributed by atoms with Crippen molar-refractivity contribution in [2.45, 2.75) is 45.1 Å². The van der Waals surface area contributed by atoms with E-state index in [1.165, 1.54) is 18.4 Å². The molecule has 0 aliphatic heterocycles. The number of nitrogens with zero attached hydrogens (tertiary/aromatic N) is 2. The summed E-state index contributed by atoms with van der Waals surface area (Å²) in [7, 11) is 0. The average molecular weight is 282 g/mol. The van der Waals surface area contributed by atoms with Crippen LogP contribution in [0.5, 0.6) is 0 Å². The number of hydrogen-bond donors (Lipinski definition) is 2. The zero-order valence-electron chi connectivity index (χ0n) is 12.9. The number of anilines is 3. The average Bonchev–Trinajstić information content (AvgIpc) is 3.22. The van der Waals surface area contributed by atoms with Crippen molar-refractivity contribution < 1.29 is 0 Å². The Morgan fingerprint density at radius 2 is 1.86 bits per heavy atom. The molecule has 1 aromatic heterocycles. The zero-order valence-corrected chi connectivity index (χ0v) is 12.9. The van der Waals surface area contributed by atoms with Crippen LogP contribution in [0.2, 0.25) is 0 Å². The highest BCUT2D eigenvalue weighted by molar-refractivity contribution is 5.62. The molecule has 0 amide bonds. The van der Waals surface area contributed by atoms with Crippen molar-refractivity contribution in [3.63, 3.8) is 0 Å². The number of nitrogens with one attached hydrogen (secondary N) is 2. The topological polar surface area (TPSA) is 49.8 Å². The Morgan fingerprint density at radius 1 is 1.10 bits per heavy atom. The van der Waals surface area contributed by atoms with E-state index < -0.39 is 0 Å². The van der Waals surface area contributed by atoms with Gasteiger partial charge in [0.2, 0.25) is 5.95 Å². The summed E-state index contributed by atoms with van der Waals surface area (Å²) in [5.74, 6) is 1.53. The smallest absolute Gasteiger partial charge is 0.224 e. The van der Waals surface area contributed by atoms with E-state index in [1.54, 1.807) is 6.20 Å². The Morgan fingerprint density at radius 3 is 2.57 bits per heavy atom. The van der Waals surface area contributed by atoms with E-state index in [2.05, 4.69) is 59.6 Å². The molecule has 0 unspecified atom stereocenters. The van der Waals surface area contributed by atoms with Gasteiger partial charge in [0.05, 0.1) is 0 Å². The number of aromatic nitrogens is 2. The number of rotatable bonds is 4. The first-order chi connectivity index (χ1) is 10.0. The lowest BCUT2D eigenvalue weighted by atomic mass is 9.86. The van der Waals surface area contributed by atoms with Crippen LogP contribution in [-0.2, 0) is 5.41 Å². The monoisotopic (exact) mass is 282 g/mol. The first-order valence-corrected chi connectivity index (χ1v) is 7.48. The van der Waals surface area contributed by atoms with Crippen LogP contribution in [0.4, 0.5) is 17.5 Å². The van der Waals surface area contributed by atoms with E-state index in [0.717, 1.165) is 11.5 Å².